The van der Waals surface area contributed by atoms with Crippen molar-refractivity contribution in [2.75, 3.05) is 0 Å². The Labute approximate surface area is 66.6 Å². The maximum absolute atomic E-state index is 11.8. The summed E-state index contributed by atoms with van der Waals surface area (Å²) in [6.07, 6.45) is -7.47. The predicted octanol–water partition coefficient (Wildman–Crippen LogP) is 2.63. The summed E-state index contributed by atoms with van der Waals surface area (Å²) in [7, 11) is -3.85. The zero-order valence-corrected chi connectivity index (χ0v) is 7.24. The van der Waals surface area contributed by atoms with E-state index in [4.69, 9.17) is 0 Å². The van der Waals surface area contributed by atoms with E-state index in [1.54, 1.807) is 0 Å². The quantitative estimate of drug-likeness (QED) is 0.528. The maximum Gasteiger partial charge on any atom is 0.359 e. The molecule has 0 bridgehead atoms. The minimum atomic E-state index is -3.85. The van der Waals surface area contributed by atoms with Gasteiger partial charge in [-0.05, 0) is 0 Å². The first kappa shape index (κ1) is 11.9. The van der Waals surface area contributed by atoms with Gasteiger partial charge in [-0.1, -0.05) is 0 Å². The second-order valence-electron chi connectivity index (χ2n) is 2.07. The van der Waals surface area contributed by atoms with Crippen molar-refractivity contribution < 1.29 is 31.2 Å². The molecule has 0 radical (unpaired) electrons. The highest BCUT2D eigenvalue weighted by atomic mass is 31.1. The number of halogens is 4. The number of hydrogen-bond donors (Lipinski definition) is 0. The van der Waals surface area contributed by atoms with Crippen LogP contribution in [-0.4, -0.2) is 12.2 Å². The van der Waals surface area contributed by atoms with E-state index in [1.807, 2.05) is 0 Å². The Morgan fingerprint density at radius 2 is 1.25 bits per heavy atom. The molecule has 0 atom stereocenters. The van der Waals surface area contributed by atoms with Crippen molar-refractivity contribution in [3.63, 3.8) is 0 Å². The number of alkyl halides is 4. The van der Waals surface area contributed by atoms with E-state index in [9.17, 15) is 22.1 Å². The van der Waals surface area contributed by atoms with Crippen LogP contribution >= 0.6 is 8.25 Å². The van der Waals surface area contributed by atoms with Crippen LogP contribution in [0.1, 0.15) is 13.8 Å². The first-order chi connectivity index (χ1) is 5.10. The molecule has 0 rings (SSSR count). The van der Waals surface area contributed by atoms with Crippen LogP contribution in [0, 0.1) is 0 Å². The summed E-state index contributed by atoms with van der Waals surface area (Å²) in [6, 6.07) is 0. The van der Waals surface area contributed by atoms with Gasteiger partial charge >= 0.3 is 20.5 Å². The van der Waals surface area contributed by atoms with Gasteiger partial charge in [-0.3, -0.25) is 4.57 Å². The summed E-state index contributed by atoms with van der Waals surface area (Å²) in [4.78, 5) is 0. The Balaban J connectivity index is 3.92. The molecule has 0 fully saturated rings. The van der Waals surface area contributed by atoms with Gasteiger partial charge in [0.25, 0.3) is 0 Å². The lowest BCUT2D eigenvalue weighted by atomic mass is 10.8. The van der Waals surface area contributed by atoms with Crippen molar-refractivity contribution in [3.8, 4) is 0 Å². The van der Waals surface area contributed by atoms with Gasteiger partial charge in [0.15, 0.2) is 0 Å². The Bertz CT molecular complexity index is 154. The highest BCUT2D eigenvalue weighted by Crippen LogP contribution is 2.38. The van der Waals surface area contributed by atoms with Crippen LogP contribution in [-0.2, 0) is 13.6 Å². The van der Waals surface area contributed by atoms with E-state index in [0.29, 0.717) is 0 Å². The molecule has 0 aromatic heterocycles. The SMILES string of the molecule is CC(F)(F)O[PH](=O)OC(C)(F)F. The third-order valence-electron chi connectivity index (χ3n) is 0.525. The minimum Gasteiger partial charge on any atom is -0.263 e. The predicted molar refractivity (Wildman–Crippen MR) is 32.4 cm³/mol. The molecular weight excluding hydrogens is 203 g/mol. The summed E-state index contributed by atoms with van der Waals surface area (Å²) in [6.45, 7) is 0.541. The topological polar surface area (TPSA) is 35.5 Å². The van der Waals surface area contributed by atoms with Crippen molar-refractivity contribution in [1.82, 2.24) is 0 Å². The highest BCUT2D eigenvalue weighted by molar-refractivity contribution is 7.33. The van der Waals surface area contributed by atoms with E-state index in [-0.39, 0.29) is 13.8 Å². The molecule has 0 unspecified atom stereocenters. The van der Waals surface area contributed by atoms with Crippen LogP contribution in [0.15, 0.2) is 0 Å². The van der Waals surface area contributed by atoms with E-state index in [0.717, 1.165) is 0 Å². The van der Waals surface area contributed by atoms with Gasteiger partial charge in [-0.15, -0.1) is 0 Å². The Hall–Kier alpha value is -0.130. The van der Waals surface area contributed by atoms with Gasteiger partial charge in [0.1, 0.15) is 0 Å². The van der Waals surface area contributed by atoms with Gasteiger partial charge in [-0.2, -0.15) is 17.6 Å². The molecule has 3 nitrogen and oxygen atoms in total. The minimum absolute atomic E-state index is 0.271. The Morgan fingerprint density at radius 1 is 1.00 bits per heavy atom. The van der Waals surface area contributed by atoms with E-state index in [2.05, 4.69) is 9.05 Å². The summed E-state index contributed by atoms with van der Waals surface area (Å²) in [5, 5.41) is 0. The first-order valence-electron chi connectivity index (χ1n) is 2.78. The van der Waals surface area contributed by atoms with Gasteiger partial charge < -0.3 is 0 Å². The van der Waals surface area contributed by atoms with Crippen LogP contribution in [0.25, 0.3) is 0 Å². The second kappa shape index (κ2) is 3.72. The van der Waals surface area contributed by atoms with Crippen molar-refractivity contribution in [3.05, 3.63) is 0 Å². The normalized spacial score (nSPS) is 13.9. The maximum atomic E-state index is 11.8. The summed E-state index contributed by atoms with van der Waals surface area (Å²) < 4.78 is 64.2. The lowest BCUT2D eigenvalue weighted by molar-refractivity contribution is -0.194. The van der Waals surface area contributed by atoms with Gasteiger partial charge in [-0.25, -0.2) is 9.05 Å². The van der Waals surface area contributed by atoms with Crippen LogP contribution in [0.4, 0.5) is 17.6 Å². The molecule has 12 heavy (non-hydrogen) atoms. The monoisotopic (exact) mass is 210 g/mol. The number of rotatable bonds is 4. The standard InChI is InChI=1S/C4H7F4O3P/c1-3(5,6)10-12(9)11-4(2,7)8/h12H,1-2H3. The summed E-state index contributed by atoms with van der Waals surface area (Å²) in [5.74, 6) is 0. The average Bonchev–Trinajstić information content (AvgIpc) is 1.49. The third-order valence-corrected chi connectivity index (χ3v) is 1.58. The average molecular weight is 210 g/mol. The van der Waals surface area contributed by atoms with Crippen LogP contribution < -0.4 is 0 Å². The van der Waals surface area contributed by atoms with E-state index >= 15 is 0 Å². The molecule has 0 N–H and O–H groups in total. The second-order valence-corrected chi connectivity index (χ2v) is 2.98. The third kappa shape index (κ3) is 7.97. The molecule has 0 aliphatic rings. The molecule has 0 amide bonds. The molecule has 74 valence electrons. The summed E-state index contributed by atoms with van der Waals surface area (Å²) >= 11 is 0. The van der Waals surface area contributed by atoms with Crippen LogP contribution in [0.5, 0.6) is 0 Å². The fourth-order valence-corrected chi connectivity index (χ4v) is 0.940. The molecule has 0 saturated heterocycles. The molecule has 0 aliphatic carbocycles. The lowest BCUT2D eigenvalue weighted by Gasteiger charge is -2.14. The molecule has 8 heteroatoms. The highest BCUT2D eigenvalue weighted by Gasteiger charge is 2.31. The molecule has 0 spiro atoms. The first-order valence-corrected chi connectivity index (χ1v) is 4.00. The van der Waals surface area contributed by atoms with Gasteiger partial charge in [0.2, 0.25) is 0 Å². The van der Waals surface area contributed by atoms with Crippen molar-refractivity contribution in [2.45, 2.75) is 26.1 Å². The van der Waals surface area contributed by atoms with Crippen molar-refractivity contribution in [2.24, 2.45) is 0 Å². The van der Waals surface area contributed by atoms with Gasteiger partial charge in [0, 0.05) is 13.8 Å². The molecule has 0 saturated carbocycles. The van der Waals surface area contributed by atoms with Crippen molar-refractivity contribution >= 4 is 8.25 Å². The van der Waals surface area contributed by atoms with Crippen molar-refractivity contribution in [1.29, 1.82) is 0 Å². The Kier molecular flexibility index (Phi) is 3.68. The van der Waals surface area contributed by atoms with Gasteiger partial charge in [0.05, 0.1) is 0 Å². The molecular formula is C4H7F4O3P. The zero-order valence-electron chi connectivity index (χ0n) is 6.24. The fourth-order valence-electron chi connectivity index (χ4n) is 0.313. The fraction of sp³-hybridized carbons (Fsp3) is 1.00. The molecule has 0 aliphatic heterocycles. The lowest BCUT2D eigenvalue weighted by Crippen LogP contribution is -2.15. The van der Waals surface area contributed by atoms with E-state index in [1.165, 1.54) is 0 Å². The smallest absolute Gasteiger partial charge is 0.263 e. The number of hydrogen-bond acceptors (Lipinski definition) is 3. The summed E-state index contributed by atoms with van der Waals surface area (Å²) in [5.41, 5.74) is 0. The molecule has 0 aromatic rings. The largest absolute Gasteiger partial charge is 0.359 e. The zero-order chi connectivity index (χ0) is 9.99. The molecule has 0 heterocycles. The van der Waals surface area contributed by atoms with Crippen LogP contribution in [0.2, 0.25) is 0 Å². The van der Waals surface area contributed by atoms with E-state index < -0.39 is 20.5 Å². The Morgan fingerprint density at radius 3 is 1.42 bits per heavy atom. The van der Waals surface area contributed by atoms with Crippen LogP contribution in [0.3, 0.4) is 0 Å². The molecule has 0 aromatic carbocycles.